The molecule has 0 saturated heterocycles. The molecule has 0 aliphatic rings. The van der Waals surface area contributed by atoms with Gasteiger partial charge < -0.3 is 14.6 Å². The molecule has 0 aliphatic carbocycles. The number of rotatable bonds is 6. The van der Waals surface area contributed by atoms with Gasteiger partial charge in [-0.15, -0.1) is 5.10 Å². The van der Waals surface area contributed by atoms with E-state index in [2.05, 4.69) is 10.4 Å². The van der Waals surface area contributed by atoms with Gasteiger partial charge in [0.25, 0.3) is 0 Å². The number of benzene rings is 2. The van der Waals surface area contributed by atoms with Crippen molar-refractivity contribution in [1.29, 1.82) is 0 Å². The van der Waals surface area contributed by atoms with Crippen LogP contribution in [0.25, 0.3) is 11.5 Å². The Bertz CT molecular complexity index is 1130. The minimum Gasteiger partial charge on any atom is -0.388 e. The van der Waals surface area contributed by atoms with Gasteiger partial charge in [0.1, 0.15) is 12.4 Å². The van der Waals surface area contributed by atoms with Crippen LogP contribution in [0.15, 0.2) is 51.7 Å². The number of halogens is 1. The van der Waals surface area contributed by atoms with Crippen LogP contribution in [0.3, 0.4) is 0 Å². The summed E-state index contributed by atoms with van der Waals surface area (Å²) in [5, 5.41) is 6.74. The van der Waals surface area contributed by atoms with Crippen molar-refractivity contribution in [1.82, 2.24) is 14.7 Å². The maximum Gasteiger partial charge on any atom is 0.437 e. The maximum atomic E-state index is 13.0. The Morgan fingerprint density at radius 1 is 1.17 bits per heavy atom. The Morgan fingerprint density at radius 3 is 2.57 bits per heavy atom. The van der Waals surface area contributed by atoms with E-state index in [1.54, 1.807) is 6.07 Å². The number of aryl methyl sites for hydroxylation is 1. The molecule has 0 atom stereocenters. The third kappa shape index (κ3) is 4.80. The van der Waals surface area contributed by atoms with E-state index in [1.165, 1.54) is 36.2 Å². The minimum absolute atomic E-state index is 0.0249. The summed E-state index contributed by atoms with van der Waals surface area (Å²) in [5.41, 5.74) is 3.07. The van der Waals surface area contributed by atoms with Gasteiger partial charge in [0.15, 0.2) is 0 Å². The molecular weight excluding hydrogens is 391 g/mol. The molecule has 1 N–H and O–H groups in total. The SMILES string of the molecule is Cc1cccc(NC(=O)CN(C)C(=O)Cn2nc(-c3ccc(F)cc3)oc2=O)c1C. The maximum absolute atomic E-state index is 13.0. The van der Waals surface area contributed by atoms with Gasteiger partial charge in [-0.25, -0.2) is 9.18 Å². The summed E-state index contributed by atoms with van der Waals surface area (Å²) >= 11 is 0. The van der Waals surface area contributed by atoms with Crippen LogP contribution < -0.4 is 11.1 Å². The number of anilines is 1. The fourth-order valence-corrected chi connectivity index (χ4v) is 2.74. The standard InChI is InChI=1S/C21H21FN4O4/c1-13-5-4-6-17(14(13)2)23-18(27)11-25(3)19(28)12-26-21(29)30-20(24-26)15-7-9-16(22)10-8-15/h4-10H,11-12H2,1-3H3,(H,23,27). The van der Waals surface area contributed by atoms with Gasteiger partial charge >= 0.3 is 5.76 Å². The lowest BCUT2D eigenvalue weighted by Gasteiger charge is -2.17. The summed E-state index contributed by atoms with van der Waals surface area (Å²) in [6.07, 6.45) is 0. The number of hydrogen-bond acceptors (Lipinski definition) is 5. The molecule has 2 amide bonds. The molecule has 3 aromatic rings. The molecule has 8 nitrogen and oxygen atoms in total. The Hall–Kier alpha value is -3.75. The Morgan fingerprint density at radius 2 is 1.87 bits per heavy atom. The molecule has 0 unspecified atom stereocenters. The van der Waals surface area contributed by atoms with E-state index in [9.17, 15) is 18.8 Å². The largest absolute Gasteiger partial charge is 0.437 e. The molecule has 0 radical (unpaired) electrons. The van der Waals surface area contributed by atoms with Gasteiger partial charge in [-0.05, 0) is 55.3 Å². The number of carbonyl (C=O) groups excluding carboxylic acids is 2. The third-order valence-corrected chi connectivity index (χ3v) is 4.67. The van der Waals surface area contributed by atoms with Crippen LogP contribution in [0.1, 0.15) is 11.1 Å². The second-order valence-corrected chi connectivity index (χ2v) is 6.88. The summed E-state index contributed by atoms with van der Waals surface area (Å²) in [7, 11) is 1.46. The molecule has 0 spiro atoms. The summed E-state index contributed by atoms with van der Waals surface area (Å²) < 4.78 is 18.9. The molecule has 0 bridgehead atoms. The molecule has 0 fully saturated rings. The number of likely N-dealkylation sites (N-methyl/N-ethyl adjacent to an activating group) is 1. The molecule has 9 heteroatoms. The zero-order chi connectivity index (χ0) is 21.8. The third-order valence-electron chi connectivity index (χ3n) is 4.67. The van der Waals surface area contributed by atoms with Crippen molar-refractivity contribution in [3.8, 4) is 11.5 Å². The van der Waals surface area contributed by atoms with E-state index in [0.29, 0.717) is 11.3 Å². The van der Waals surface area contributed by atoms with Gasteiger partial charge in [0.2, 0.25) is 17.7 Å². The van der Waals surface area contributed by atoms with Crippen LogP contribution in [-0.2, 0) is 16.1 Å². The van der Waals surface area contributed by atoms with Crippen molar-refractivity contribution >= 4 is 17.5 Å². The number of amides is 2. The average molecular weight is 412 g/mol. The van der Waals surface area contributed by atoms with Crippen molar-refractivity contribution in [2.75, 3.05) is 18.9 Å². The molecule has 1 heterocycles. The second kappa shape index (κ2) is 8.73. The van der Waals surface area contributed by atoms with Gasteiger partial charge in [-0.2, -0.15) is 4.68 Å². The normalized spacial score (nSPS) is 10.7. The molecule has 30 heavy (non-hydrogen) atoms. The highest BCUT2D eigenvalue weighted by molar-refractivity contribution is 5.95. The van der Waals surface area contributed by atoms with E-state index in [0.717, 1.165) is 15.8 Å². The van der Waals surface area contributed by atoms with Gasteiger partial charge in [0.05, 0.1) is 6.54 Å². The van der Waals surface area contributed by atoms with Crippen molar-refractivity contribution < 1.29 is 18.4 Å². The fourth-order valence-electron chi connectivity index (χ4n) is 2.74. The zero-order valence-electron chi connectivity index (χ0n) is 16.8. The fraction of sp³-hybridized carbons (Fsp3) is 0.238. The van der Waals surface area contributed by atoms with Crippen molar-refractivity contribution in [2.24, 2.45) is 0 Å². The van der Waals surface area contributed by atoms with Crippen LogP contribution in [0.5, 0.6) is 0 Å². The second-order valence-electron chi connectivity index (χ2n) is 6.88. The molecule has 156 valence electrons. The lowest BCUT2D eigenvalue weighted by molar-refractivity contribution is -0.134. The Labute approximate surface area is 171 Å². The van der Waals surface area contributed by atoms with Gasteiger partial charge in [-0.1, -0.05) is 12.1 Å². The van der Waals surface area contributed by atoms with E-state index >= 15 is 0 Å². The van der Waals surface area contributed by atoms with E-state index in [1.807, 2.05) is 26.0 Å². The van der Waals surface area contributed by atoms with Crippen LogP contribution in [-0.4, -0.2) is 40.1 Å². The predicted octanol–water partition coefficient (Wildman–Crippen LogP) is 2.36. The van der Waals surface area contributed by atoms with Crippen molar-refractivity contribution in [3.05, 3.63) is 70.0 Å². The van der Waals surface area contributed by atoms with Crippen molar-refractivity contribution in [3.63, 3.8) is 0 Å². The van der Waals surface area contributed by atoms with E-state index < -0.39 is 24.0 Å². The molecule has 3 rings (SSSR count). The number of hydrogen-bond donors (Lipinski definition) is 1. The highest BCUT2D eigenvalue weighted by Crippen LogP contribution is 2.18. The number of nitrogens with one attached hydrogen (secondary N) is 1. The summed E-state index contributed by atoms with van der Waals surface area (Å²) in [4.78, 5) is 37.9. The first-order chi connectivity index (χ1) is 14.2. The summed E-state index contributed by atoms with van der Waals surface area (Å²) in [6.45, 7) is 3.26. The highest BCUT2D eigenvalue weighted by atomic mass is 19.1. The van der Waals surface area contributed by atoms with E-state index in [-0.39, 0.29) is 18.3 Å². The van der Waals surface area contributed by atoms with E-state index in [4.69, 9.17) is 4.42 Å². The monoisotopic (exact) mass is 412 g/mol. The topological polar surface area (TPSA) is 97.4 Å². The molecule has 0 saturated carbocycles. The first kappa shape index (κ1) is 21.0. The smallest absolute Gasteiger partial charge is 0.388 e. The number of aromatic nitrogens is 2. The van der Waals surface area contributed by atoms with Crippen LogP contribution in [0.4, 0.5) is 10.1 Å². The molecular formula is C21H21FN4O4. The minimum atomic E-state index is -0.823. The van der Waals surface area contributed by atoms with Crippen LogP contribution in [0.2, 0.25) is 0 Å². The molecule has 2 aromatic carbocycles. The van der Waals surface area contributed by atoms with Gasteiger partial charge in [-0.3, -0.25) is 9.59 Å². The highest BCUT2D eigenvalue weighted by Gasteiger charge is 2.18. The summed E-state index contributed by atoms with van der Waals surface area (Å²) in [5.74, 6) is -2.14. The predicted molar refractivity (Wildman–Crippen MR) is 108 cm³/mol. The number of nitrogens with zero attached hydrogens (tertiary/aromatic N) is 3. The van der Waals surface area contributed by atoms with Gasteiger partial charge in [0, 0.05) is 18.3 Å². The van der Waals surface area contributed by atoms with Crippen molar-refractivity contribution in [2.45, 2.75) is 20.4 Å². The number of carbonyl (C=O) groups is 2. The molecule has 0 aliphatic heterocycles. The first-order valence-corrected chi connectivity index (χ1v) is 9.18. The molecule has 1 aromatic heterocycles. The van der Waals surface area contributed by atoms with Crippen LogP contribution >= 0.6 is 0 Å². The zero-order valence-corrected chi connectivity index (χ0v) is 16.8. The lowest BCUT2D eigenvalue weighted by atomic mass is 10.1. The van der Waals surface area contributed by atoms with Crippen LogP contribution in [0, 0.1) is 19.7 Å². The lowest BCUT2D eigenvalue weighted by Crippen LogP contribution is -2.38. The average Bonchev–Trinajstić information content (AvgIpc) is 3.06. The summed E-state index contributed by atoms with van der Waals surface area (Å²) in [6, 6.07) is 10.8. The quantitative estimate of drug-likeness (QED) is 0.670. The Kier molecular flexibility index (Phi) is 6.10. The first-order valence-electron chi connectivity index (χ1n) is 9.18. The Balaban J connectivity index is 1.63.